The first-order valence-electron chi connectivity index (χ1n) is 16.6. The van der Waals surface area contributed by atoms with Gasteiger partial charge in [-0.05, 0) is 76.2 Å². The molecule has 0 aromatic rings. The fourth-order valence-corrected chi connectivity index (χ4v) is 10.6. The molecule has 0 spiro atoms. The van der Waals surface area contributed by atoms with Crippen LogP contribution in [0.3, 0.4) is 0 Å². The van der Waals surface area contributed by atoms with Gasteiger partial charge in [-0.1, -0.05) is 59.3 Å². The fraction of sp³-hybridized carbons (Fsp3) is 0.938. The molecule has 2 saturated heterocycles. The lowest BCUT2D eigenvalue weighted by Gasteiger charge is -2.48. The van der Waals surface area contributed by atoms with E-state index in [1.807, 2.05) is 0 Å². The lowest BCUT2D eigenvalue weighted by atomic mass is 9.69. The first kappa shape index (κ1) is 33.0. The number of rotatable bonds is 7. The molecule has 4 aliphatic rings. The quantitative estimate of drug-likeness (QED) is 0.380. The number of hydrogen-bond acceptors (Lipinski definition) is 5. The van der Waals surface area contributed by atoms with Gasteiger partial charge < -0.3 is 10.6 Å². The van der Waals surface area contributed by atoms with Crippen LogP contribution in [0.1, 0.15) is 111 Å². The maximum atomic E-state index is 13.6. The van der Waals surface area contributed by atoms with Gasteiger partial charge in [-0.15, -0.1) is 11.6 Å². The molecule has 2 amide bonds. The van der Waals surface area contributed by atoms with Gasteiger partial charge in [0.25, 0.3) is 0 Å². The average molecular weight is 614 g/mol. The zero-order valence-corrected chi connectivity index (χ0v) is 27.6. The van der Waals surface area contributed by atoms with Gasteiger partial charge in [-0.3, -0.25) is 14.5 Å². The van der Waals surface area contributed by atoms with Gasteiger partial charge in [-0.2, -0.15) is 0 Å². The Bertz CT molecular complexity index is 985. The molecule has 2 N–H and O–H groups in total. The Morgan fingerprint density at radius 3 is 2.22 bits per heavy atom. The molecule has 0 radical (unpaired) electrons. The van der Waals surface area contributed by atoms with Crippen molar-refractivity contribution in [2.24, 2.45) is 29.6 Å². The van der Waals surface area contributed by atoms with Crippen LogP contribution < -0.4 is 10.6 Å². The first-order valence-corrected chi connectivity index (χ1v) is 18.9. The Morgan fingerprint density at radius 2 is 1.63 bits per heavy atom. The van der Waals surface area contributed by atoms with Crippen molar-refractivity contribution < 1.29 is 18.0 Å². The second-order valence-corrected chi connectivity index (χ2v) is 17.1. The van der Waals surface area contributed by atoms with Gasteiger partial charge in [0.15, 0.2) is 0 Å². The number of carbonyl (C=O) groups is 2. The summed E-state index contributed by atoms with van der Waals surface area (Å²) in [5.41, 5.74) is -0.166. The van der Waals surface area contributed by atoms with Gasteiger partial charge in [0.1, 0.15) is 9.84 Å². The molecule has 0 aromatic carbocycles. The van der Waals surface area contributed by atoms with Crippen LogP contribution in [-0.4, -0.2) is 72.7 Å². The topological polar surface area (TPSA) is 95.6 Å². The maximum Gasteiger partial charge on any atom is 0.225 e. The van der Waals surface area contributed by atoms with Crippen molar-refractivity contribution in [1.82, 2.24) is 15.5 Å². The van der Waals surface area contributed by atoms with E-state index >= 15 is 0 Å². The van der Waals surface area contributed by atoms with Crippen LogP contribution >= 0.6 is 11.6 Å². The molecule has 41 heavy (non-hydrogen) atoms. The first-order chi connectivity index (χ1) is 19.4. The van der Waals surface area contributed by atoms with Crippen LogP contribution in [0, 0.1) is 29.6 Å². The molecule has 0 aromatic heterocycles. The second kappa shape index (κ2) is 14.3. The highest BCUT2D eigenvalue weighted by molar-refractivity contribution is 7.91. The number of alkyl halides is 1. The number of halogens is 1. The Labute approximate surface area is 254 Å². The van der Waals surface area contributed by atoms with E-state index in [1.54, 1.807) is 0 Å². The van der Waals surface area contributed by atoms with Crippen LogP contribution in [0.15, 0.2) is 0 Å². The van der Waals surface area contributed by atoms with E-state index in [2.05, 4.69) is 43.2 Å². The lowest BCUT2D eigenvalue weighted by Crippen LogP contribution is -2.61. The number of amides is 2. The number of nitrogens with zero attached hydrogens (tertiary/aromatic N) is 1. The third-order valence-corrected chi connectivity index (χ3v) is 13.4. The summed E-state index contributed by atoms with van der Waals surface area (Å²) in [6.07, 6.45) is 13.9. The van der Waals surface area contributed by atoms with E-state index in [9.17, 15) is 18.0 Å². The van der Waals surface area contributed by atoms with Gasteiger partial charge in [-0.25, -0.2) is 8.42 Å². The molecular weight excluding hydrogens is 558 g/mol. The predicted molar refractivity (Wildman–Crippen MR) is 167 cm³/mol. The third-order valence-electron chi connectivity index (χ3n) is 11.3. The van der Waals surface area contributed by atoms with E-state index in [1.165, 1.54) is 51.4 Å². The number of piperidine rings is 1. The summed E-state index contributed by atoms with van der Waals surface area (Å²) in [6, 6.07) is 0.355. The third kappa shape index (κ3) is 8.20. The Balaban J connectivity index is 1.35. The highest BCUT2D eigenvalue weighted by Crippen LogP contribution is 2.40. The number of carbonyl (C=O) groups excluding carboxylic acids is 2. The average Bonchev–Trinajstić information content (AvgIpc) is 3.05. The van der Waals surface area contributed by atoms with E-state index in [0.29, 0.717) is 31.7 Å². The molecule has 9 heteroatoms. The summed E-state index contributed by atoms with van der Waals surface area (Å²) in [5, 5.41) is 6.52. The molecule has 4 rings (SSSR count). The van der Waals surface area contributed by atoms with Gasteiger partial charge in [0.05, 0.1) is 17.4 Å². The van der Waals surface area contributed by atoms with Gasteiger partial charge >= 0.3 is 0 Å². The highest BCUT2D eigenvalue weighted by atomic mass is 35.5. The van der Waals surface area contributed by atoms with Crippen molar-refractivity contribution in [3.05, 3.63) is 0 Å². The molecule has 7 atom stereocenters. The molecule has 2 heterocycles. The highest BCUT2D eigenvalue weighted by Gasteiger charge is 2.46. The van der Waals surface area contributed by atoms with Crippen molar-refractivity contribution in [3.63, 3.8) is 0 Å². The van der Waals surface area contributed by atoms with Crippen molar-refractivity contribution in [2.75, 3.05) is 24.6 Å². The standard InChI is InChI=1S/C32H56ClN3O4S/c1-5-36(26-14-16-41(39,40)17-15-26)29-19-25(33)18-27(23(29)3)30(37)34-21-28-22(2)20-32(4,35-31(28)38)24-12-10-8-6-7-9-11-13-24/h22-29H,5-21H2,1-4H3,(H,34,37)(H,35,38). The number of nitrogens with one attached hydrogen (secondary N) is 2. The smallest absolute Gasteiger partial charge is 0.225 e. The molecule has 0 bridgehead atoms. The van der Waals surface area contributed by atoms with Crippen LogP contribution in [0.5, 0.6) is 0 Å². The van der Waals surface area contributed by atoms with Crippen LogP contribution in [0.25, 0.3) is 0 Å². The minimum Gasteiger partial charge on any atom is -0.355 e. The summed E-state index contributed by atoms with van der Waals surface area (Å²) in [4.78, 5) is 29.5. The van der Waals surface area contributed by atoms with Gasteiger partial charge in [0, 0.05) is 35.5 Å². The maximum absolute atomic E-state index is 13.6. The number of hydrogen-bond donors (Lipinski definition) is 2. The van der Waals surface area contributed by atoms with Gasteiger partial charge in [0.2, 0.25) is 11.8 Å². The minimum atomic E-state index is -2.93. The summed E-state index contributed by atoms with van der Waals surface area (Å²) >= 11 is 6.77. The van der Waals surface area contributed by atoms with E-state index in [0.717, 1.165) is 19.4 Å². The monoisotopic (exact) mass is 613 g/mol. The SMILES string of the molecule is CCN(C1CCS(=O)(=O)CC1)C1CC(Cl)CC(C(=O)NCC2C(=O)NC(C)(C3CCCCCCCC3)CC2C)C1C. The number of sulfone groups is 1. The largest absolute Gasteiger partial charge is 0.355 e. The van der Waals surface area contributed by atoms with Crippen molar-refractivity contribution in [3.8, 4) is 0 Å². The zero-order valence-electron chi connectivity index (χ0n) is 26.0. The summed E-state index contributed by atoms with van der Waals surface area (Å²) < 4.78 is 24.0. The molecule has 2 aliphatic heterocycles. The summed E-state index contributed by atoms with van der Waals surface area (Å²) in [7, 11) is -2.93. The Morgan fingerprint density at radius 1 is 1.02 bits per heavy atom. The fourth-order valence-electron chi connectivity index (χ4n) is 8.76. The Hall–Kier alpha value is -0.860. The molecule has 236 valence electrons. The normalized spacial score (nSPS) is 38.0. The molecule has 2 aliphatic carbocycles. The van der Waals surface area contributed by atoms with Crippen LogP contribution in [0.2, 0.25) is 0 Å². The van der Waals surface area contributed by atoms with Crippen LogP contribution in [-0.2, 0) is 19.4 Å². The van der Waals surface area contributed by atoms with Crippen molar-refractivity contribution >= 4 is 33.3 Å². The molecular formula is C32H56ClN3O4S. The molecule has 2 saturated carbocycles. The van der Waals surface area contributed by atoms with Crippen molar-refractivity contribution in [2.45, 2.75) is 134 Å². The summed E-state index contributed by atoms with van der Waals surface area (Å²) in [6.45, 7) is 9.89. The molecule has 7 unspecified atom stereocenters. The van der Waals surface area contributed by atoms with E-state index in [-0.39, 0.29) is 70.0 Å². The second-order valence-electron chi connectivity index (χ2n) is 14.2. The predicted octanol–water partition coefficient (Wildman–Crippen LogP) is 5.31. The molecule has 7 nitrogen and oxygen atoms in total. The zero-order chi connectivity index (χ0) is 29.8. The lowest BCUT2D eigenvalue weighted by molar-refractivity contribution is -0.134. The molecule has 4 fully saturated rings. The van der Waals surface area contributed by atoms with Crippen LogP contribution in [0.4, 0.5) is 0 Å². The van der Waals surface area contributed by atoms with Crippen molar-refractivity contribution in [1.29, 1.82) is 0 Å². The minimum absolute atomic E-state index is 0.000252. The Kier molecular flexibility index (Phi) is 11.5. The van der Waals surface area contributed by atoms with E-state index in [4.69, 9.17) is 11.6 Å². The van der Waals surface area contributed by atoms with E-state index < -0.39 is 9.84 Å². The summed E-state index contributed by atoms with van der Waals surface area (Å²) in [5.74, 6) is 0.958.